The van der Waals surface area contributed by atoms with E-state index < -0.39 is 0 Å². The predicted octanol–water partition coefficient (Wildman–Crippen LogP) is 4.28. The second kappa shape index (κ2) is 7.46. The minimum atomic E-state index is -0.258. The van der Waals surface area contributed by atoms with Gasteiger partial charge in [-0.1, -0.05) is 40.2 Å². The van der Waals surface area contributed by atoms with Crippen LogP contribution in [0.1, 0.15) is 24.8 Å². The third-order valence-corrected chi connectivity index (χ3v) is 4.01. The summed E-state index contributed by atoms with van der Waals surface area (Å²) in [4.78, 5) is 12.0. The van der Waals surface area contributed by atoms with Crippen LogP contribution < -0.4 is 4.74 Å². The summed E-state index contributed by atoms with van der Waals surface area (Å²) in [7, 11) is 1.65. The van der Waals surface area contributed by atoms with E-state index in [2.05, 4.69) is 15.9 Å². The number of benzene rings is 2. The van der Waals surface area contributed by atoms with E-state index in [0.717, 1.165) is 33.8 Å². The number of hydrogen-bond donors (Lipinski definition) is 0. The maximum atomic E-state index is 12.0. The van der Waals surface area contributed by atoms with E-state index in [4.69, 9.17) is 9.47 Å². The third kappa shape index (κ3) is 3.97. The molecule has 0 saturated carbocycles. The molecule has 0 spiro atoms. The van der Waals surface area contributed by atoms with Crippen molar-refractivity contribution in [1.82, 2.24) is 0 Å². The van der Waals surface area contributed by atoms with Crippen LogP contribution in [0.25, 0.3) is 10.8 Å². The van der Waals surface area contributed by atoms with E-state index in [-0.39, 0.29) is 11.9 Å². The topological polar surface area (TPSA) is 35.5 Å². The Morgan fingerprint density at radius 2 is 1.90 bits per heavy atom. The lowest BCUT2D eigenvalue weighted by molar-refractivity contribution is -0.145. The van der Waals surface area contributed by atoms with Crippen molar-refractivity contribution >= 4 is 32.7 Å². The minimum Gasteiger partial charge on any atom is -0.497 e. The van der Waals surface area contributed by atoms with E-state index in [1.54, 1.807) is 7.11 Å². The predicted molar refractivity (Wildman–Crippen MR) is 88.3 cm³/mol. The molecule has 0 heterocycles. The van der Waals surface area contributed by atoms with Gasteiger partial charge in [-0.2, -0.15) is 0 Å². The maximum Gasteiger partial charge on any atom is 0.313 e. The van der Waals surface area contributed by atoms with Crippen LogP contribution >= 0.6 is 15.9 Å². The molecule has 4 heteroatoms. The molecule has 0 aliphatic rings. The molecule has 0 aliphatic heterocycles. The van der Waals surface area contributed by atoms with Crippen molar-refractivity contribution in [2.24, 2.45) is 0 Å². The molecule has 0 aliphatic carbocycles. The molecule has 1 unspecified atom stereocenters. The summed E-state index contributed by atoms with van der Waals surface area (Å²) in [5, 5.41) is 3.03. The summed E-state index contributed by atoms with van der Waals surface area (Å²) in [6, 6.07) is 11.9. The molecular formula is C17H19BrO3. The van der Waals surface area contributed by atoms with Crippen LogP contribution in [-0.4, -0.2) is 25.0 Å². The van der Waals surface area contributed by atoms with Gasteiger partial charge in [-0.05, 0) is 41.8 Å². The van der Waals surface area contributed by atoms with Gasteiger partial charge in [-0.25, -0.2) is 0 Å². The minimum absolute atomic E-state index is 0.177. The van der Waals surface area contributed by atoms with Crippen molar-refractivity contribution in [3.63, 3.8) is 0 Å². The molecule has 0 radical (unpaired) electrons. The molecule has 2 aromatic carbocycles. The number of ether oxygens (including phenoxy) is 2. The van der Waals surface area contributed by atoms with Gasteiger partial charge in [-0.15, -0.1) is 0 Å². The summed E-state index contributed by atoms with van der Waals surface area (Å²) in [5.74, 6) is 0.396. The first-order valence-electron chi connectivity index (χ1n) is 6.96. The normalized spacial score (nSPS) is 12.1. The van der Waals surface area contributed by atoms with E-state index in [1.165, 1.54) is 0 Å². The fourth-order valence-corrected chi connectivity index (χ4v) is 2.36. The Bertz CT molecular complexity index is 624. The number of rotatable bonds is 6. The molecule has 0 amide bonds. The smallest absolute Gasteiger partial charge is 0.313 e. The summed E-state index contributed by atoms with van der Waals surface area (Å²) in [5.41, 5.74) is 0.969. The highest BCUT2D eigenvalue weighted by Crippen LogP contribution is 2.25. The van der Waals surface area contributed by atoms with Crippen LogP contribution in [0.3, 0.4) is 0 Å². The summed E-state index contributed by atoms with van der Waals surface area (Å²) < 4.78 is 10.5. The van der Waals surface area contributed by atoms with E-state index in [0.29, 0.717) is 6.61 Å². The van der Waals surface area contributed by atoms with Crippen LogP contribution in [0.5, 0.6) is 5.75 Å². The van der Waals surface area contributed by atoms with E-state index in [9.17, 15) is 4.79 Å². The fourth-order valence-electron chi connectivity index (χ4n) is 2.13. The largest absolute Gasteiger partial charge is 0.497 e. The average Bonchev–Trinajstić information content (AvgIpc) is 2.53. The number of carbonyl (C=O) groups is 1. The number of methoxy groups -OCH3 is 1. The summed E-state index contributed by atoms with van der Waals surface area (Å²) in [6.45, 7) is 2.33. The van der Waals surface area contributed by atoms with E-state index >= 15 is 0 Å². The van der Waals surface area contributed by atoms with Crippen molar-refractivity contribution in [3.05, 3.63) is 42.0 Å². The first kappa shape index (κ1) is 15.8. The van der Waals surface area contributed by atoms with Crippen LogP contribution in [-0.2, 0) is 9.53 Å². The van der Waals surface area contributed by atoms with Crippen molar-refractivity contribution in [2.45, 2.75) is 19.3 Å². The lowest BCUT2D eigenvalue weighted by Crippen LogP contribution is -2.14. The Labute approximate surface area is 133 Å². The molecule has 0 aromatic heterocycles. The van der Waals surface area contributed by atoms with Gasteiger partial charge in [0, 0.05) is 5.33 Å². The van der Waals surface area contributed by atoms with Crippen molar-refractivity contribution in [3.8, 4) is 5.75 Å². The van der Waals surface area contributed by atoms with Crippen LogP contribution in [0.4, 0.5) is 0 Å². The van der Waals surface area contributed by atoms with Crippen LogP contribution in [0.2, 0.25) is 0 Å². The van der Waals surface area contributed by atoms with Gasteiger partial charge >= 0.3 is 5.97 Å². The Kier molecular flexibility index (Phi) is 5.62. The zero-order valence-electron chi connectivity index (χ0n) is 12.3. The van der Waals surface area contributed by atoms with Gasteiger partial charge < -0.3 is 9.47 Å². The Balaban J connectivity index is 2.16. The molecule has 1 atom stereocenters. The van der Waals surface area contributed by atoms with Gasteiger partial charge in [0.15, 0.2) is 0 Å². The molecule has 112 valence electrons. The first-order chi connectivity index (χ1) is 10.2. The van der Waals surface area contributed by atoms with Gasteiger partial charge in [0.25, 0.3) is 0 Å². The zero-order chi connectivity index (χ0) is 15.2. The van der Waals surface area contributed by atoms with Crippen molar-refractivity contribution in [1.29, 1.82) is 0 Å². The molecule has 2 aromatic rings. The summed E-state index contributed by atoms with van der Waals surface area (Å²) >= 11 is 3.32. The average molecular weight is 351 g/mol. The highest BCUT2D eigenvalue weighted by Gasteiger charge is 2.16. The lowest BCUT2D eigenvalue weighted by atomic mass is 9.98. The second-order valence-corrected chi connectivity index (χ2v) is 5.70. The van der Waals surface area contributed by atoms with Gasteiger partial charge in [0.2, 0.25) is 0 Å². The van der Waals surface area contributed by atoms with E-state index in [1.807, 2.05) is 43.3 Å². The van der Waals surface area contributed by atoms with Gasteiger partial charge in [0.05, 0.1) is 19.6 Å². The number of fused-ring (bicyclic) bond motifs is 1. The molecule has 0 bridgehead atoms. The molecule has 0 saturated heterocycles. The quantitative estimate of drug-likeness (QED) is 0.443. The fraction of sp³-hybridized carbons (Fsp3) is 0.353. The third-order valence-electron chi connectivity index (χ3n) is 3.45. The highest BCUT2D eigenvalue weighted by molar-refractivity contribution is 9.09. The monoisotopic (exact) mass is 350 g/mol. The number of halogens is 1. The maximum absolute atomic E-state index is 12.0. The lowest BCUT2D eigenvalue weighted by Gasteiger charge is -2.12. The molecular weight excluding hydrogens is 332 g/mol. The van der Waals surface area contributed by atoms with Crippen molar-refractivity contribution < 1.29 is 14.3 Å². The first-order valence-corrected chi connectivity index (χ1v) is 8.08. The summed E-state index contributed by atoms with van der Waals surface area (Å²) in [6.07, 6.45) is 0.829. The number of hydrogen-bond acceptors (Lipinski definition) is 3. The Morgan fingerprint density at radius 3 is 2.62 bits per heavy atom. The number of carbonyl (C=O) groups excluding carboxylic acids is 1. The Hall–Kier alpha value is -1.55. The SMILES string of the molecule is COc1ccc2cc(C(C)C(=O)OCCCBr)ccc2c1. The zero-order valence-corrected chi connectivity index (χ0v) is 13.9. The number of esters is 1. The standard InChI is InChI=1S/C17H19BrO3/c1-12(17(19)21-9-3-8-18)13-4-5-15-11-16(20-2)7-6-14(15)10-13/h4-7,10-12H,3,8-9H2,1-2H3. The molecule has 0 N–H and O–H groups in total. The molecule has 21 heavy (non-hydrogen) atoms. The number of alkyl halides is 1. The Morgan fingerprint density at radius 1 is 1.19 bits per heavy atom. The highest BCUT2D eigenvalue weighted by atomic mass is 79.9. The van der Waals surface area contributed by atoms with Gasteiger partial charge in [-0.3, -0.25) is 4.79 Å². The molecule has 3 nitrogen and oxygen atoms in total. The van der Waals surface area contributed by atoms with Gasteiger partial charge in [0.1, 0.15) is 5.75 Å². The van der Waals surface area contributed by atoms with Crippen LogP contribution in [0, 0.1) is 0 Å². The van der Waals surface area contributed by atoms with Crippen LogP contribution in [0.15, 0.2) is 36.4 Å². The molecule has 0 fully saturated rings. The van der Waals surface area contributed by atoms with Crippen molar-refractivity contribution in [2.75, 3.05) is 19.0 Å². The molecule has 2 rings (SSSR count). The second-order valence-electron chi connectivity index (χ2n) is 4.90.